The maximum absolute atomic E-state index is 11.8. The maximum atomic E-state index is 11.8. The van der Waals surface area contributed by atoms with E-state index in [1.54, 1.807) is 11.3 Å². The topological polar surface area (TPSA) is 49.0 Å². The number of rotatable bonds is 2. The smallest absolute Gasteiger partial charge is 0.255 e. The zero-order valence-corrected chi connectivity index (χ0v) is 10.4. The summed E-state index contributed by atoms with van der Waals surface area (Å²) in [6.07, 6.45) is 0. The molecule has 3 heterocycles. The lowest BCUT2D eigenvalue weighted by molar-refractivity contribution is 0.276. The summed E-state index contributed by atoms with van der Waals surface area (Å²) in [5.74, 6) is 0.701. The van der Waals surface area contributed by atoms with Crippen LogP contribution in [0.3, 0.4) is 0 Å². The van der Waals surface area contributed by atoms with Crippen molar-refractivity contribution in [2.24, 2.45) is 0 Å². The third-order valence-electron chi connectivity index (χ3n) is 2.93. The highest BCUT2D eigenvalue weighted by atomic mass is 32.1. The highest BCUT2D eigenvalue weighted by Crippen LogP contribution is 2.21. The van der Waals surface area contributed by atoms with E-state index in [4.69, 9.17) is 0 Å². The molecule has 2 aromatic rings. The van der Waals surface area contributed by atoms with Gasteiger partial charge in [-0.25, -0.2) is 4.98 Å². The number of H-pyrrole nitrogens is 1. The van der Waals surface area contributed by atoms with E-state index in [1.165, 1.54) is 4.88 Å². The van der Waals surface area contributed by atoms with E-state index >= 15 is 0 Å². The Morgan fingerprint density at radius 2 is 2.41 bits per heavy atom. The van der Waals surface area contributed by atoms with E-state index in [2.05, 4.69) is 32.4 Å². The van der Waals surface area contributed by atoms with Crippen LogP contribution in [0.1, 0.15) is 22.0 Å². The number of aromatic amines is 1. The Kier molecular flexibility index (Phi) is 2.57. The highest BCUT2D eigenvalue weighted by Gasteiger charge is 2.23. The Balaban J connectivity index is 1.83. The fraction of sp³-hybridized carbons (Fsp3) is 0.333. The molecule has 0 unspecified atom stereocenters. The fourth-order valence-electron chi connectivity index (χ4n) is 2.19. The van der Waals surface area contributed by atoms with Crippen LogP contribution >= 0.6 is 11.3 Å². The molecular weight excluding hydrogens is 234 g/mol. The Bertz CT molecular complexity index is 588. The normalized spacial score (nSPS) is 15.1. The minimum Gasteiger partial charge on any atom is -0.310 e. The molecule has 1 aliphatic rings. The molecule has 0 radical (unpaired) electrons. The molecule has 17 heavy (non-hydrogen) atoms. The third kappa shape index (κ3) is 2.03. The van der Waals surface area contributed by atoms with E-state index in [-0.39, 0.29) is 5.56 Å². The molecule has 0 aliphatic carbocycles. The van der Waals surface area contributed by atoms with Crippen LogP contribution in [0.4, 0.5) is 0 Å². The lowest BCUT2D eigenvalue weighted by atomic mass is 10.3. The summed E-state index contributed by atoms with van der Waals surface area (Å²) in [6, 6.07) is 4.18. The van der Waals surface area contributed by atoms with Gasteiger partial charge in [0.15, 0.2) is 0 Å². The summed E-state index contributed by atoms with van der Waals surface area (Å²) in [5, 5.41) is 2.08. The van der Waals surface area contributed by atoms with Gasteiger partial charge in [-0.05, 0) is 18.4 Å². The van der Waals surface area contributed by atoms with Gasteiger partial charge in [0.25, 0.3) is 5.56 Å². The van der Waals surface area contributed by atoms with Gasteiger partial charge in [0.2, 0.25) is 0 Å². The van der Waals surface area contributed by atoms with Gasteiger partial charge in [-0.3, -0.25) is 9.69 Å². The number of thiophene rings is 1. The average molecular weight is 247 g/mol. The van der Waals surface area contributed by atoms with Gasteiger partial charge in [-0.2, -0.15) is 0 Å². The molecule has 0 bridgehead atoms. The van der Waals surface area contributed by atoms with Gasteiger partial charge in [0.05, 0.1) is 11.3 Å². The standard InChI is InChI=1S/C12H13N3OS/c1-8-13-11-7-15(5-9-3-2-4-17-9)6-10(11)12(16)14-8/h2-4H,5-7H2,1H3,(H,13,14,16). The van der Waals surface area contributed by atoms with Crippen molar-refractivity contribution in [3.8, 4) is 0 Å². The van der Waals surface area contributed by atoms with Crippen molar-refractivity contribution < 1.29 is 0 Å². The van der Waals surface area contributed by atoms with Crippen LogP contribution in [0.2, 0.25) is 0 Å². The first kappa shape index (κ1) is 10.7. The molecule has 0 aromatic carbocycles. The van der Waals surface area contributed by atoms with Crippen LogP contribution in [-0.2, 0) is 19.6 Å². The number of aromatic nitrogens is 2. The molecule has 1 aliphatic heterocycles. The number of nitrogens with zero attached hydrogens (tertiary/aromatic N) is 2. The molecule has 88 valence electrons. The first-order valence-corrected chi connectivity index (χ1v) is 6.44. The molecule has 3 rings (SSSR count). The molecule has 0 spiro atoms. The Labute approximate surface area is 103 Å². The van der Waals surface area contributed by atoms with Crippen LogP contribution < -0.4 is 5.56 Å². The molecule has 0 saturated heterocycles. The van der Waals surface area contributed by atoms with E-state index in [1.807, 2.05) is 6.92 Å². The number of hydrogen-bond donors (Lipinski definition) is 1. The summed E-state index contributed by atoms with van der Waals surface area (Å²) in [7, 11) is 0. The lowest BCUT2D eigenvalue weighted by Crippen LogP contribution is -2.18. The number of hydrogen-bond acceptors (Lipinski definition) is 4. The summed E-state index contributed by atoms with van der Waals surface area (Å²) in [4.78, 5) is 22.5. The first-order valence-electron chi connectivity index (χ1n) is 5.56. The first-order chi connectivity index (χ1) is 8.22. The lowest BCUT2D eigenvalue weighted by Gasteiger charge is -2.12. The van der Waals surface area contributed by atoms with E-state index in [0.717, 1.165) is 24.3 Å². The van der Waals surface area contributed by atoms with Crippen LogP contribution in [-0.4, -0.2) is 14.9 Å². The third-order valence-corrected chi connectivity index (χ3v) is 3.80. The van der Waals surface area contributed by atoms with Crippen molar-refractivity contribution in [1.29, 1.82) is 0 Å². The second-order valence-corrected chi connectivity index (χ2v) is 5.33. The zero-order valence-electron chi connectivity index (χ0n) is 9.56. The molecular formula is C12H13N3OS. The number of fused-ring (bicyclic) bond motifs is 1. The van der Waals surface area contributed by atoms with Gasteiger partial charge in [0, 0.05) is 24.5 Å². The number of nitrogens with one attached hydrogen (secondary N) is 1. The van der Waals surface area contributed by atoms with Crippen LogP contribution in [0.25, 0.3) is 0 Å². The van der Waals surface area contributed by atoms with Crippen LogP contribution in [0.15, 0.2) is 22.3 Å². The Morgan fingerprint density at radius 1 is 1.53 bits per heavy atom. The molecule has 2 aromatic heterocycles. The largest absolute Gasteiger partial charge is 0.310 e. The summed E-state index contributed by atoms with van der Waals surface area (Å²) < 4.78 is 0. The van der Waals surface area contributed by atoms with Crippen molar-refractivity contribution in [3.05, 3.63) is 49.8 Å². The Morgan fingerprint density at radius 3 is 3.18 bits per heavy atom. The highest BCUT2D eigenvalue weighted by molar-refractivity contribution is 7.09. The van der Waals surface area contributed by atoms with Gasteiger partial charge in [0.1, 0.15) is 5.82 Å². The molecule has 0 atom stereocenters. The quantitative estimate of drug-likeness (QED) is 0.878. The van der Waals surface area contributed by atoms with Crippen molar-refractivity contribution >= 4 is 11.3 Å². The summed E-state index contributed by atoms with van der Waals surface area (Å²) in [5.41, 5.74) is 1.77. The van der Waals surface area contributed by atoms with E-state index < -0.39 is 0 Å². The summed E-state index contributed by atoms with van der Waals surface area (Å²) in [6.45, 7) is 4.20. The zero-order chi connectivity index (χ0) is 11.8. The van der Waals surface area contributed by atoms with Gasteiger partial charge in [-0.15, -0.1) is 11.3 Å². The Hall–Kier alpha value is -1.46. The van der Waals surface area contributed by atoms with E-state index in [9.17, 15) is 4.79 Å². The summed E-state index contributed by atoms with van der Waals surface area (Å²) >= 11 is 1.75. The number of aryl methyl sites for hydroxylation is 1. The van der Waals surface area contributed by atoms with Crippen LogP contribution in [0, 0.1) is 6.92 Å². The van der Waals surface area contributed by atoms with Crippen molar-refractivity contribution in [2.45, 2.75) is 26.6 Å². The fourth-order valence-corrected chi connectivity index (χ4v) is 2.93. The second kappa shape index (κ2) is 4.09. The molecule has 4 nitrogen and oxygen atoms in total. The van der Waals surface area contributed by atoms with Gasteiger partial charge >= 0.3 is 0 Å². The van der Waals surface area contributed by atoms with E-state index in [0.29, 0.717) is 12.4 Å². The van der Waals surface area contributed by atoms with Crippen molar-refractivity contribution in [2.75, 3.05) is 0 Å². The van der Waals surface area contributed by atoms with Crippen LogP contribution in [0.5, 0.6) is 0 Å². The van der Waals surface area contributed by atoms with Gasteiger partial charge in [-0.1, -0.05) is 6.07 Å². The predicted molar refractivity (Wildman–Crippen MR) is 66.9 cm³/mol. The maximum Gasteiger partial charge on any atom is 0.255 e. The molecule has 5 heteroatoms. The van der Waals surface area contributed by atoms with Crippen molar-refractivity contribution in [3.63, 3.8) is 0 Å². The molecule has 0 amide bonds. The predicted octanol–water partition coefficient (Wildman–Crippen LogP) is 1.66. The SMILES string of the molecule is Cc1nc2c(c(=O)[nH]1)CN(Cc1cccs1)C2. The monoisotopic (exact) mass is 247 g/mol. The minimum absolute atomic E-state index is 0.0150. The van der Waals surface area contributed by atoms with Crippen molar-refractivity contribution in [1.82, 2.24) is 14.9 Å². The molecule has 0 fully saturated rings. The minimum atomic E-state index is 0.0150. The second-order valence-electron chi connectivity index (χ2n) is 4.30. The average Bonchev–Trinajstić information content (AvgIpc) is 2.87. The molecule has 1 N–H and O–H groups in total. The molecule has 0 saturated carbocycles. The van der Waals surface area contributed by atoms with Gasteiger partial charge < -0.3 is 4.98 Å².